The van der Waals surface area contributed by atoms with Crippen molar-refractivity contribution in [1.82, 2.24) is 9.03 Å². The van der Waals surface area contributed by atoms with Crippen LogP contribution in [-0.4, -0.2) is 31.7 Å². The van der Waals surface area contributed by atoms with Crippen molar-refractivity contribution in [3.05, 3.63) is 35.2 Å². The van der Waals surface area contributed by atoms with Crippen molar-refractivity contribution < 1.29 is 13.2 Å². The first-order chi connectivity index (χ1) is 9.56. The molecule has 7 heteroatoms. The highest BCUT2D eigenvalue weighted by atomic mass is 32.2. The number of nitrogens with zero attached hydrogens (tertiary/aromatic N) is 1. The van der Waals surface area contributed by atoms with E-state index in [1.54, 1.807) is 6.07 Å². The van der Waals surface area contributed by atoms with Crippen LogP contribution in [0, 0.1) is 0 Å². The summed E-state index contributed by atoms with van der Waals surface area (Å²) in [5, 5.41) is 0.946. The Balaban J connectivity index is 1.82. The summed E-state index contributed by atoms with van der Waals surface area (Å²) in [5.74, 6) is -0.557. The van der Waals surface area contributed by atoms with Crippen LogP contribution in [0.4, 0.5) is 0 Å². The zero-order valence-corrected chi connectivity index (χ0v) is 12.3. The fourth-order valence-electron chi connectivity index (χ4n) is 2.25. The van der Waals surface area contributed by atoms with Gasteiger partial charge in [-0.3, -0.25) is 4.79 Å². The molecule has 20 heavy (non-hydrogen) atoms. The molecule has 1 amide bonds. The molecular formula is C13H14N2O3S2. The van der Waals surface area contributed by atoms with Crippen molar-refractivity contribution >= 4 is 37.5 Å². The van der Waals surface area contributed by atoms with Gasteiger partial charge in [0, 0.05) is 17.8 Å². The lowest BCUT2D eigenvalue weighted by Gasteiger charge is -2.15. The second-order valence-electron chi connectivity index (χ2n) is 4.69. The van der Waals surface area contributed by atoms with Gasteiger partial charge in [0.25, 0.3) is 5.91 Å². The zero-order chi connectivity index (χ0) is 14.2. The van der Waals surface area contributed by atoms with Gasteiger partial charge in [0.1, 0.15) is 0 Å². The third-order valence-corrected chi connectivity index (χ3v) is 5.88. The molecule has 1 aromatic carbocycles. The summed E-state index contributed by atoms with van der Waals surface area (Å²) in [6, 6.07) is 9.30. The van der Waals surface area contributed by atoms with E-state index < -0.39 is 16.1 Å². The van der Waals surface area contributed by atoms with Gasteiger partial charge in [0.05, 0.1) is 4.88 Å². The number of amides is 1. The number of hydrogen-bond acceptors (Lipinski definition) is 4. The SMILES string of the molecule is O=C(NS(=O)(=O)N1CCCC1)c1cc2ccccc2s1. The monoisotopic (exact) mass is 310 g/mol. The maximum Gasteiger partial charge on any atom is 0.304 e. The second kappa shape index (κ2) is 5.16. The van der Waals surface area contributed by atoms with E-state index >= 15 is 0 Å². The van der Waals surface area contributed by atoms with Crippen LogP contribution in [0.2, 0.25) is 0 Å². The van der Waals surface area contributed by atoms with Gasteiger partial charge in [0.15, 0.2) is 0 Å². The maximum atomic E-state index is 12.1. The third kappa shape index (κ3) is 2.56. The molecule has 5 nitrogen and oxygen atoms in total. The Labute approximate surface area is 121 Å². The molecule has 1 aromatic heterocycles. The molecule has 0 spiro atoms. The Kier molecular flexibility index (Phi) is 3.49. The molecule has 1 saturated heterocycles. The van der Waals surface area contributed by atoms with Gasteiger partial charge in [-0.05, 0) is 30.4 Å². The highest BCUT2D eigenvalue weighted by molar-refractivity contribution is 7.87. The van der Waals surface area contributed by atoms with E-state index in [4.69, 9.17) is 0 Å². The van der Waals surface area contributed by atoms with Crippen LogP contribution in [-0.2, 0) is 10.2 Å². The number of nitrogens with one attached hydrogen (secondary N) is 1. The van der Waals surface area contributed by atoms with E-state index in [2.05, 4.69) is 4.72 Å². The molecule has 0 unspecified atom stereocenters. The van der Waals surface area contributed by atoms with E-state index in [1.807, 2.05) is 24.3 Å². The molecule has 3 rings (SSSR count). The Hall–Kier alpha value is -1.44. The van der Waals surface area contributed by atoms with Crippen molar-refractivity contribution in [2.24, 2.45) is 0 Å². The van der Waals surface area contributed by atoms with Gasteiger partial charge < -0.3 is 0 Å². The first-order valence-electron chi connectivity index (χ1n) is 6.37. The summed E-state index contributed by atoms with van der Waals surface area (Å²) in [5.41, 5.74) is 0. The molecule has 1 aliphatic rings. The molecule has 0 aliphatic carbocycles. The van der Waals surface area contributed by atoms with Gasteiger partial charge in [-0.2, -0.15) is 12.7 Å². The summed E-state index contributed by atoms with van der Waals surface area (Å²) in [4.78, 5) is 12.5. The Bertz CT molecular complexity index is 713. The van der Waals surface area contributed by atoms with E-state index in [0.717, 1.165) is 22.9 Å². The Morgan fingerprint density at radius 2 is 1.90 bits per heavy atom. The summed E-state index contributed by atoms with van der Waals surface area (Å²) in [6.45, 7) is 0.962. The minimum atomic E-state index is -3.70. The number of benzene rings is 1. The molecule has 0 saturated carbocycles. The lowest BCUT2D eigenvalue weighted by Crippen LogP contribution is -2.41. The molecule has 0 atom stereocenters. The van der Waals surface area contributed by atoms with E-state index in [-0.39, 0.29) is 0 Å². The minimum Gasteiger partial charge on any atom is -0.267 e. The average Bonchev–Trinajstić information content (AvgIpc) is 3.07. The average molecular weight is 310 g/mol. The molecule has 1 aliphatic heterocycles. The van der Waals surface area contributed by atoms with Gasteiger partial charge in [-0.15, -0.1) is 11.3 Å². The van der Waals surface area contributed by atoms with Gasteiger partial charge in [-0.25, -0.2) is 4.72 Å². The van der Waals surface area contributed by atoms with Gasteiger partial charge >= 0.3 is 10.2 Å². The summed E-state index contributed by atoms with van der Waals surface area (Å²) in [7, 11) is -3.70. The van der Waals surface area contributed by atoms with Crippen molar-refractivity contribution in [1.29, 1.82) is 0 Å². The number of rotatable bonds is 3. The van der Waals surface area contributed by atoms with Crippen LogP contribution >= 0.6 is 11.3 Å². The predicted octanol–water partition coefficient (Wildman–Crippen LogP) is 1.97. The van der Waals surface area contributed by atoms with Crippen LogP contribution in [0.3, 0.4) is 0 Å². The number of carbonyl (C=O) groups excluding carboxylic acids is 1. The third-order valence-electron chi connectivity index (χ3n) is 3.28. The van der Waals surface area contributed by atoms with E-state index in [1.165, 1.54) is 15.6 Å². The topological polar surface area (TPSA) is 66.5 Å². The Morgan fingerprint density at radius 1 is 1.20 bits per heavy atom. The smallest absolute Gasteiger partial charge is 0.267 e. The standard InChI is InChI=1S/C13H14N2O3S2/c16-13(14-20(17,18)15-7-3-4-8-15)12-9-10-5-1-2-6-11(10)19-12/h1-2,5-6,9H,3-4,7-8H2,(H,14,16). The number of thiophene rings is 1. The zero-order valence-electron chi connectivity index (χ0n) is 10.7. The Morgan fingerprint density at radius 3 is 2.60 bits per heavy atom. The quantitative estimate of drug-likeness (QED) is 0.942. The lowest BCUT2D eigenvalue weighted by molar-refractivity contribution is 0.0983. The molecule has 1 N–H and O–H groups in total. The molecular weight excluding hydrogens is 296 g/mol. The van der Waals surface area contributed by atoms with Crippen LogP contribution < -0.4 is 4.72 Å². The summed E-state index contributed by atoms with van der Waals surface area (Å²) >= 11 is 1.29. The van der Waals surface area contributed by atoms with Crippen LogP contribution in [0.1, 0.15) is 22.5 Å². The fourth-order valence-corrected chi connectivity index (χ4v) is 4.49. The first kappa shape index (κ1) is 13.5. The second-order valence-corrected chi connectivity index (χ2v) is 7.45. The minimum absolute atomic E-state index is 0.411. The molecule has 2 heterocycles. The number of carbonyl (C=O) groups is 1. The van der Waals surface area contributed by atoms with Crippen molar-refractivity contribution in [2.75, 3.05) is 13.1 Å². The van der Waals surface area contributed by atoms with E-state index in [0.29, 0.717) is 18.0 Å². The molecule has 0 bridgehead atoms. The highest BCUT2D eigenvalue weighted by Gasteiger charge is 2.27. The van der Waals surface area contributed by atoms with Crippen LogP contribution in [0.15, 0.2) is 30.3 Å². The number of fused-ring (bicyclic) bond motifs is 1. The fraction of sp³-hybridized carbons (Fsp3) is 0.308. The van der Waals surface area contributed by atoms with Gasteiger partial charge in [0.2, 0.25) is 0 Å². The highest BCUT2D eigenvalue weighted by Crippen LogP contribution is 2.25. The predicted molar refractivity (Wildman–Crippen MR) is 79.0 cm³/mol. The first-order valence-corrected chi connectivity index (χ1v) is 8.63. The van der Waals surface area contributed by atoms with Crippen molar-refractivity contribution in [2.45, 2.75) is 12.8 Å². The molecule has 0 radical (unpaired) electrons. The normalized spacial score (nSPS) is 16.6. The van der Waals surface area contributed by atoms with Gasteiger partial charge in [-0.1, -0.05) is 18.2 Å². The maximum absolute atomic E-state index is 12.1. The van der Waals surface area contributed by atoms with E-state index in [9.17, 15) is 13.2 Å². The van der Waals surface area contributed by atoms with Crippen molar-refractivity contribution in [3.63, 3.8) is 0 Å². The molecule has 1 fully saturated rings. The molecule has 2 aromatic rings. The molecule has 106 valence electrons. The summed E-state index contributed by atoms with van der Waals surface area (Å²) < 4.78 is 28.5. The van der Waals surface area contributed by atoms with Crippen molar-refractivity contribution in [3.8, 4) is 0 Å². The van der Waals surface area contributed by atoms with Crippen LogP contribution in [0.5, 0.6) is 0 Å². The number of hydrogen-bond donors (Lipinski definition) is 1. The van der Waals surface area contributed by atoms with Crippen LogP contribution in [0.25, 0.3) is 10.1 Å². The lowest BCUT2D eigenvalue weighted by atomic mass is 10.2. The summed E-state index contributed by atoms with van der Waals surface area (Å²) in [6.07, 6.45) is 1.69. The largest absolute Gasteiger partial charge is 0.304 e.